The smallest absolute Gasteiger partial charge is 0.327 e. The summed E-state index contributed by atoms with van der Waals surface area (Å²) in [7, 11) is 1.65. The zero-order valence-corrected chi connectivity index (χ0v) is 13.1. The van der Waals surface area contributed by atoms with Crippen molar-refractivity contribution in [3.05, 3.63) is 23.8 Å². The van der Waals surface area contributed by atoms with Gasteiger partial charge in [0, 0.05) is 13.5 Å². The molecule has 0 aliphatic carbocycles. The van der Waals surface area contributed by atoms with Crippen molar-refractivity contribution in [3.63, 3.8) is 0 Å². The Bertz CT molecular complexity index is 627. The highest BCUT2D eigenvalue weighted by atomic mass is 16.5. The van der Waals surface area contributed by atoms with Crippen molar-refractivity contribution >= 4 is 11.9 Å². The van der Waals surface area contributed by atoms with Gasteiger partial charge in [0.2, 0.25) is 0 Å². The van der Waals surface area contributed by atoms with Crippen LogP contribution in [0, 0.1) is 0 Å². The average molecular weight is 304 g/mol. The van der Waals surface area contributed by atoms with E-state index in [0.717, 1.165) is 12.0 Å². The number of rotatable bonds is 2. The Morgan fingerprint density at radius 2 is 1.82 bits per heavy atom. The molecule has 118 valence electrons. The highest BCUT2D eigenvalue weighted by Gasteiger charge is 2.49. The van der Waals surface area contributed by atoms with Crippen LogP contribution >= 0.6 is 0 Å². The Balaban J connectivity index is 1.83. The van der Waals surface area contributed by atoms with Crippen LogP contribution in [0.5, 0.6) is 11.5 Å². The van der Waals surface area contributed by atoms with Gasteiger partial charge in [0.1, 0.15) is 5.54 Å². The molecule has 3 rings (SSSR count). The maximum absolute atomic E-state index is 12.4. The number of hydrogen-bond donors (Lipinski definition) is 0. The van der Waals surface area contributed by atoms with Crippen LogP contribution in [-0.4, -0.2) is 47.5 Å². The maximum atomic E-state index is 12.4. The Kier molecular flexibility index (Phi) is 3.47. The summed E-state index contributed by atoms with van der Waals surface area (Å²) in [5.74, 6) is 1.19. The molecule has 6 nitrogen and oxygen atoms in total. The predicted octanol–water partition coefficient (Wildman–Crippen LogP) is 2.02. The van der Waals surface area contributed by atoms with Crippen molar-refractivity contribution in [1.29, 1.82) is 0 Å². The minimum atomic E-state index is -0.803. The molecule has 0 unspecified atom stereocenters. The van der Waals surface area contributed by atoms with E-state index in [-0.39, 0.29) is 18.5 Å². The number of amides is 3. The second kappa shape index (κ2) is 5.19. The molecule has 0 aromatic heterocycles. The number of carbonyl (C=O) groups is 2. The van der Waals surface area contributed by atoms with Gasteiger partial charge < -0.3 is 14.4 Å². The van der Waals surface area contributed by atoms with Gasteiger partial charge >= 0.3 is 6.03 Å². The van der Waals surface area contributed by atoms with Crippen LogP contribution in [0.25, 0.3) is 0 Å². The number of carbonyl (C=O) groups excluding carboxylic acids is 2. The number of imide groups is 1. The van der Waals surface area contributed by atoms with Crippen molar-refractivity contribution in [2.75, 3.05) is 20.3 Å². The first kappa shape index (κ1) is 14.7. The zero-order chi connectivity index (χ0) is 15.9. The molecule has 0 saturated carbocycles. The Morgan fingerprint density at radius 3 is 2.45 bits per heavy atom. The van der Waals surface area contributed by atoms with Crippen molar-refractivity contribution in [2.45, 2.75) is 32.4 Å². The van der Waals surface area contributed by atoms with Gasteiger partial charge in [-0.15, -0.1) is 0 Å². The lowest BCUT2D eigenvalue weighted by Gasteiger charge is -2.22. The zero-order valence-electron chi connectivity index (χ0n) is 13.1. The van der Waals surface area contributed by atoms with Gasteiger partial charge in [-0.25, -0.2) is 4.79 Å². The van der Waals surface area contributed by atoms with E-state index in [4.69, 9.17) is 9.47 Å². The van der Waals surface area contributed by atoms with Crippen molar-refractivity contribution in [3.8, 4) is 11.5 Å². The largest absolute Gasteiger partial charge is 0.490 e. The normalized spacial score (nSPS) is 20.3. The monoisotopic (exact) mass is 304 g/mol. The number of nitrogens with zero attached hydrogens (tertiary/aromatic N) is 2. The van der Waals surface area contributed by atoms with E-state index in [2.05, 4.69) is 0 Å². The van der Waals surface area contributed by atoms with Gasteiger partial charge in [-0.05, 0) is 31.5 Å². The third-order valence-corrected chi connectivity index (χ3v) is 4.28. The van der Waals surface area contributed by atoms with Gasteiger partial charge in [-0.3, -0.25) is 9.69 Å². The topological polar surface area (TPSA) is 59.1 Å². The number of ether oxygens (including phenoxy) is 2. The standard InChI is InChI=1S/C16H20N2O4/c1-16(2)14(19)18(15(20)17(16)3)10-11-5-6-12-13(9-11)22-8-4-7-21-12/h5-6,9H,4,7-8,10H2,1-3H3. The minimum absolute atomic E-state index is 0.188. The predicted molar refractivity (Wildman–Crippen MR) is 79.8 cm³/mol. The average Bonchev–Trinajstić information content (AvgIpc) is 2.71. The molecule has 0 N–H and O–H groups in total. The van der Waals surface area contributed by atoms with E-state index in [9.17, 15) is 9.59 Å². The molecule has 2 heterocycles. The first-order chi connectivity index (χ1) is 10.4. The molecule has 0 radical (unpaired) electrons. The summed E-state index contributed by atoms with van der Waals surface area (Å²) in [6.07, 6.45) is 0.839. The first-order valence-corrected chi connectivity index (χ1v) is 7.39. The lowest BCUT2D eigenvalue weighted by Crippen LogP contribution is -2.41. The van der Waals surface area contributed by atoms with Crippen LogP contribution < -0.4 is 9.47 Å². The summed E-state index contributed by atoms with van der Waals surface area (Å²) in [6.45, 7) is 4.98. The highest BCUT2D eigenvalue weighted by molar-refractivity contribution is 6.06. The summed E-state index contributed by atoms with van der Waals surface area (Å²) < 4.78 is 11.2. The molecule has 0 bridgehead atoms. The lowest BCUT2D eigenvalue weighted by molar-refractivity contribution is -0.132. The molecule has 2 aliphatic rings. The molecular weight excluding hydrogens is 284 g/mol. The van der Waals surface area contributed by atoms with Crippen molar-refractivity contribution < 1.29 is 19.1 Å². The van der Waals surface area contributed by atoms with E-state index in [1.807, 2.05) is 18.2 Å². The Morgan fingerprint density at radius 1 is 1.14 bits per heavy atom. The molecular formula is C16H20N2O4. The van der Waals surface area contributed by atoms with Crippen molar-refractivity contribution in [1.82, 2.24) is 9.80 Å². The minimum Gasteiger partial charge on any atom is -0.490 e. The fourth-order valence-electron chi connectivity index (χ4n) is 2.61. The number of likely N-dealkylation sites (N-methyl/N-ethyl adjacent to an activating group) is 1. The molecule has 22 heavy (non-hydrogen) atoms. The fourth-order valence-corrected chi connectivity index (χ4v) is 2.61. The quantitative estimate of drug-likeness (QED) is 0.784. The third kappa shape index (κ3) is 2.28. The summed E-state index contributed by atoms with van der Waals surface area (Å²) in [6, 6.07) is 5.25. The maximum Gasteiger partial charge on any atom is 0.327 e. The van der Waals surface area contributed by atoms with Crippen LogP contribution in [0.3, 0.4) is 0 Å². The summed E-state index contributed by atoms with van der Waals surface area (Å²) in [5.41, 5.74) is 0.0413. The summed E-state index contributed by atoms with van der Waals surface area (Å²) >= 11 is 0. The molecule has 1 saturated heterocycles. The van der Waals surface area contributed by atoms with Gasteiger partial charge in [0.05, 0.1) is 19.8 Å². The van der Waals surface area contributed by atoms with Gasteiger partial charge in [0.15, 0.2) is 11.5 Å². The molecule has 1 aromatic rings. The van der Waals surface area contributed by atoms with Crippen LogP contribution in [-0.2, 0) is 11.3 Å². The number of hydrogen-bond acceptors (Lipinski definition) is 4. The van der Waals surface area contributed by atoms with E-state index in [1.165, 1.54) is 9.80 Å². The lowest BCUT2D eigenvalue weighted by atomic mass is 10.0. The molecule has 6 heteroatoms. The first-order valence-electron chi connectivity index (χ1n) is 7.39. The Hall–Kier alpha value is -2.24. The third-order valence-electron chi connectivity index (χ3n) is 4.28. The highest BCUT2D eigenvalue weighted by Crippen LogP contribution is 2.32. The van der Waals surface area contributed by atoms with Crippen LogP contribution in [0.15, 0.2) is 18.2 Å². The van der Waals surface area contributed by atoms with Crippen molar-refractivity contribution in [2.24, 2.45) is 0 Å². The summed E-state index contributed by atoms with van der Waals surface area (Å²) in [5, 5.41) is 0. The van der Waals surface area contributed by atoms with Crippen LogP contribution in [0.1, 0.15) is 25.8 Å². The Labute approximate surface area is 129 Å². The number of benzene rings is 1. The molecule has 0 atom stereocenters. The van der Waals surface area contributed by atoms with Crippen LogP contribution in [0.2, 0.25) is 0 Å². The molecule has 3 amide bonds. The number of fused-ring (bicyclic) bond motifs is 1. The SMILES string of the molecule is CN1C(=O)N(Cc2ccc3c(c2)OCCCO3)C(=O)C1(C)C. The van der Waals surface area contributed by atoms with E-state index < -0.39 is 5.54 Å². The number of urea groups is 1. The molecule has 0 spiro atoms. The second-order valence-electron chi connectivity index (χ2n) is 6.12. The van der Waals surface area contributed by atoms with Gasteiger partial charge in [-0.1, -0.05) is 6.07 Å². The van der Waals surface area contributed by atoms with E-state index in [1.54, 1.807) is 20.9 Å². The summed E-state index contributed by atoms with van der Waals surface area (Å²) in [4.78, 5) is 27.4. The molecule has 2 aliphatic heterocycles. The van der Waals surface area contributed by atoms with E-state index in [0.29, 0.717) is 24.7 Å². The van der Waals surface area contributed by atoms with Crippen LogP contribution in [0.4, 0.5) is 4.79 Å². The molecule has 1 aromatic carbocycles. The van der Waals surface area contributed by atoms with Gasteiger partial charge in [0.25, 0.3) is 5.91 Å². The molecule has 1 fully saturated rings. The second-order valence-corrected chi connectivity index (χ2v) is 6.12. The van der Waals surface area contributed by atoms with Gasteiger partial charge in [-0.2, -0.15) is 0 Å². The fraction of sp³-hybridized carbons (Fsp3) is 0.500. The van der Waals surface area contributed by atoms with E-state index >= 15 is 0 Å².